The van der Waals surface area contributed by atoms with Gasteiger partial charge in [0.25, 0.3) is 0 Å². The molecule has 1 aromatic carbocycles. The number of rotatable bonds is 3. The summed E-state index contributed by atoms with van der Waals surface area (Å²) in [4.78, 5) is 25.8. The molecule has 0 spiro atoms. The predicted molar refractivity (Wildman–Crippen MR) is 79.0 cm³/mol. The van der Waals surface area contributed by atoms with Gasteiger partial charge in [-0.15, -0.1) is 0 Å². The number of benzene rings is 1. The average molecular weight is 287 g/mol. The van der Waals surface area contributed by atoms with Crippen molar-refractivity contribution in [2.75, 3.05) is 0 Å². The van der Waals surface area contributed by atoms with E-state index in [2.05, 4.69) is 6.07 Å². The molecule has 2 aliphatic rings. The Bertz CT molecular complexity index is 596. The summed E-state index contributed by atoms with van der Waals surface area (Å²) in [5, 5.41) is 9.27. The zero-order valence-corrected chi connectivity index (χ0v) is 12.5. The predicted octanol–water partition coefficient (Wildman–Crippen LogP) is 2.31. The van der Waals surface area contributed by atoms with Gasteiger partial charge in [-0.3, -0.25) is 9.59 Å². The number of aliphatic carboxylic acids is 1. The molecule has 2 heterocycles. The lowest BCUT2D eigenvalue weighted by atomic mass is 9.89. The maximum absolute atomic E-state index is 12.6. The van der Waals surface area contributed by atoms with Crippen LogP contribution < -0.4 is 0 Å². The van der Waals surface area contributed by atoms with Gasteiger partial charge in [-0.25, -0.2) is 0 Å². The van der Waals surface area contributed by atoms with Crippen molar-refractivity contribution in [3.63, 3.8) is 0 Å². The molecule has 0 radical (unpaired) electrons. The summed E-state index contributed by atoms with van der Waals surface area (Å²) >= 11 is 0. The van der Waals surface area contributed by atoms with Crippen molar-refractivity contribution in [3.8, 4) is 0 Å². The molecule has 3 unspecified atom stereocenters. The van der Waals surface area contributed by atoms with Crippen LogP contribution in [0.1, 0.15) is 36.0 Å². The van der Waals surface area contributed by atoms with Gasteiger partial charge >= 0.3 is 5.97 Å². The van der Waals surface area contributed by atoms with Crippen LogP contribution in [0.3, 0.4) is 0 Å². The molecule has 112 valence electrons. The second kappa shape index (κ2) is 5.17. The van der Waals surface area contributed by atoms with Crippen LogP contribution in [0.15, 0.2) is 18.2 Å². The van der Waals surface area contributed by atoms with E-state index in [-0.39, 0.29) is 23.9 Å². The number of nitrogens with zero attached hydrogens (tertiary/aromatic N) is 1. The van der Waals surface area contributed by atoms with E-state index in [1.165, 1.54) is 0 Å². The van der Waals surface area contributed by atoms with Gasteiger partial charge in [-0.05, 0) is 44.2 Å². The fourth-order valence-electron chi connectivity index (χ4n) is 3.89. The number of carbonyl (C=O) groups excluding carboxylic acids is 1. The molecule has 0 aromatic heterocycles. The van der Waals surface area contributed by atoms with Gasteiger partial charge in [0.15, 0.2) is 0 Å². The van der Waals surface area contributed by atoms with Gasteiger partial charge in [-0.1, -0.05) is 23.8 Å². The van der Waals surface area contributed by atoms with Gasteiger partial charge in [-0.2, -0.15) is 0 Å². The highest BCUT2D eigenvalue weighted by Crippen LogP contribution is 2.42. The SMILES string of the molecule is Cc1ccc(C)c(CC(=O)N2C3CCC2C(C(=O)O)C3)c1. The van der Waals surface area contributed by atoms with E-state index in [4.69, 9.17) is 0 Å². The summed E-state index contributed by atoms with van der Waals surface area (Å²) < 4.78 is 0. The third-order valence-corrected chi connectivity index (χ3v) is 4.99. The zero-order valence-electron chi connectivity index (χ0n) is 12.5. The second-order valence-electron chi connectivity index (χ2n) is 6.39. The van der Waals surface area contributed by atoms with E-state index in [0.29, 0.717) is 12.8 Å². The summed E-state index contributed by atoms with van der Waals surface area (Å²) in [7, 11) is 0. The zero-order chi connectivity index (χ0) is 15.1. The Morgan fingerprint density at radius 2 is 2.05 bits per heavy atom. The van der Waals surface area contributed by atoms with Crippen molar-refractivity contribution in [2.45, 2.75) is 51.6 Å². The van der Waals surface area contributed by atoms with Crippen molar-refractivity contribution in [3.05, 3.63) is 34.9 Å². The molecular weight excluding hydrogens is 266 g/mol. The van der Waals surface area contributed by atoms with E-state index in [1.54, 1.807) is 0 Å². The fourth-order valence-corrected chi connectivity index (χ4v) is 3.89. The fraction of sp³-hybridized carbons (Fsp3) is 0.529. The Hall–Kier alpha value is -1.84. The quantitative estimate of drug-likeness (QED) is 0.928. The van der Waals surface area contributed by atoms with Crippen LogP contribution >= 0.6 is 0 Å². The Balaban J connectivity index is 1.77. The van der Waals surface area contributed by atoms with Crippen molar-refractivity contribution >= 4 is 11.9 Å². The number of hydrogen-bond donors (Lipinski definition) is 1. The van der Waals surface area contributed by atoms with Crippen LogP contribution in [0.4, 0.5) is 0 Å². The number of hydrogen-bond acceptors (Lipinski definition) is 2. The van der Waals surface area contributed by atoms with Crippen LogP contribution in [0.25, 0.3) is 0 Å². The maximum Gasteiger partial charge on any atom is 0.308 e. The number of amides is 1. The van der Waals surface area contributed by atoms with E-state index in [1.807, 2.05) is 30.9 Å². The number of carboxylic acid groups (broad SMARTS) is 1. The summed E-state index contributed by atoms with van der Waals surface area (Å²) in [6.07, 6.45) is 2.79. The summed E-state index contributed by atoms with van der Waals surface area (Å²) in [6.45, 7) is 4.04. The number of fused-ring (bicyclic) bond motifs is 2. The lowest BCUT2D eigenvalue weighted by Gasteiger charge is -2.23. The van der Waals surface area contributed by atoms with E-state index >= 15 is 0 Å². The van der Waals surface area contributed by atoms with Crippen LogP contribution in [0.5, 0.6) is 0 Å². The summed E-state index contributed by atoms with van der Waals surface area (Å²) in [5.74, 6) is -1.04. The molecule has 4 nitrogen and oxygen atoms in total. The molecule has 21 heavy (non-hydrogen) atoms. The third kappa shape index (κ3) is 2.43. The molecule has 2 saturated heterocycles. The van der Waals surface area contributed by atoms with E-state index in [9.17, 15) is 14.7 Å². The standard InChI is InChI=1S/C17H21NO3/c1-10-3-4-11(2)12(7-10)8-16(19)18-13-5-6-15(18)14(9-13)17(20)21/h3-4,7,13-15H,5-6,8-9H2,1-2H3,(H,20,21). The molecule has 2 bridgehead atoms. The van der Waals surface area contributed by atoms with Gasteiger partial charge < -0.3 is 10.0 Å². The van der Waals surface area contributed by atoms with Crippen LogP contribution in [-0.4, -0.2) is 34.0 Å². The molecule has 1 amide bonds. The van der Waals surface area contributed by atoms with Crippen LogP contribution in [0, 0.1) is 19.8 Å². The topological polar surface area (TPSA) is 57.6 Å². The first kappa shape index (κ1) is 14.1. The Morgan fingerprint density at radius 3 is 2.71 bits per heavy atom. The van der Waals surface area contributed by atoms with Gasteiger partial charge in [0.05, 0.1) is 12.3 Å². The van der Waals surface area contributed by atoms with Gasteiger partial charge in [0.1, 0.15) is 0 Å². The van der Waals surface area contributed by atoms with Crippen molar-refractivity contribution in [1.29, 1.82) is 0 Å². The number of carboxylic acids is 1. The van der Waals surface area contributed by atoms with Crippen molar-refractivity contribution < 1.29 is 14.7 Å². The first-order chi connectivity index (χ1) is 9.97. The maximum atomic E-state index is 12.6. The Labute approximate surface area is 124 Å². The molecule has 2 aliphatic heterocycles. The second-order valence-corrected chi connectivity index (χ2v) is 6.39. The molecule has 1 N–H and O–H groups in total. The molecule has 1 aromatic rings. The molecule has 0 aliphatic carbocycles. The lowest BCUT2D eigenvalue weighted by molar-refractivity contribution is -0.143. The van der Waals surface area contributed by atoms with E-state index < -0.39 is 5.97 Å². The molecule has 4 heteroatoms. The first-order valence-electron chi connectivity index (χ1n) is 7.57. The summed E-state index contributed by atoms with van der Waals surface area (Å²) in [5.41, 5.74) is 3.32. The number of carbonyl (C=O) groups is 2. The lowest BCUT2D eigenvalue weighted by Crippen LogP contribution is -2.38. The van der Waals surface area contributed by atoms with Gasteiger partial charge in [0.2, 0.25) is 5.91 Å². The minimum Gasteiger partial charge on any atom is -0.481 e. The highest BCUT2D eigenvalue weighted by Gasteiger charge is 2.51. The summed E-state index contributed by atoms with van der Waals surface area (Å²) in [6, 6.07) is 6.18. The highest BCUT2D eigenvalue weighted by atomic mass is 16.4. The highest BCUT2D eigenvalue weighted by molar-refractivity contribution is 5.82. The Morgan fingerprint density at radius 1 is 1.29 bits per heavy atom. The monoisotopic (exact) mass is 287 g/mol. The van der Waals surface area contributed by atoms with Crippen LogP contribution in [-0.2, 0) is 16.0 Å². The van der Waals surface area contributed by atoms with Crippen LogP contribution in [0.2, 0.25) is 0 Å². The number of aryl methyl sites for hydroxylation is 2. The smallest absolute Gasteiger partial charge is 0.308 e. The average Bonchev–Trinajstić information content (AvgIpc) is 3.00. The van der Waals surface area contributed by atoms with Crippen molar-refractivity contribution in [1.82, 2.24) is 4.90 Å². The van der Waals surface area contributed by atoms with Crippen molar-refractivity contribution in [2.24, 2.45) is 5.92 Å². The Kier molecular flexibility index (Phi) is 3.47. The van der Waals surface area contributed by atoms with Gasteiger partial charge in [0, 0.05) is 12.1 Å². The first-order valence-corrected chi connectivity index (χ1v) is 7.57. The third-order valence-electron chi connectivity index (χ3n) is 4.99. The molecule has 2 fully saturated rings. The molecular formula is C17H21NO3. The minimum atomic E-state index is -0.758. The minimum absolute atomic E-state index is 0.0833. The molecule has 3 rings (SSSR count). The molecule has 0 saturated carbocycles. The normalized spacial score (nSPS) is 27.1. The molecule has 3 atom stereocenters. The largest absolute Gasteiger partial charge is 0.481 e. The van der Waals surface area contributed by atoms with E-state index in [0.717, 1.165) is 29.5 Å².